The summed E-state index contributed by atoms with van der Waals surface area (Å²) in [6.45, 7) is 4.72. The van der Waals surface area contributed by atoms with Gasteiger partial charge >= 0.3 is 0 Å². The van der Waals surface area contributed by atoms with E-state index in [-0.39, 0.29) is 5.54 Å². The molecule has 1 amide bonds. The van der Waals surface area contributed by atoms with Crippen molar-refractivity contribution in [3.05, 3.63) is 18.6 Å². The van der Waals surface area contributed by atoms with Crippen LogP contribution in [0.2, 0.25) is 0 Å². The van der Waals surface area contributed by atoms with Gasteiger partial charge < -0.3 is 14.8 Å². The number of nitrogens with zero attached hydrogens (tertiary/aromatic N) is 5. The molecule has 3 fully saturated rings. The number of anilines is 1. The summed E-state index contributed by atoms with van der Waals surface area (Å²) in [5.41, 5.74) is 0.930. The molecule has 2 saturated heterocycles. The van der Waals surface area contributed by atoms with Crippen molar-refractivity contribution < 1.29 is 4.79 Å². The summed E-state index contributed by atoms with van der Waals surface area (Å²) in [4.78, 5) is 31.8. The molecule has 1 spiro atoms. The van der Waals surface area contributed by atoms with Gasteiger partial charge in [0.25, 0.3) is 0 Å². The Kier molecular flexibility index (Phi) is 4.07. The third-order valence-electron chi connectivity index (χ3n) is 6.81. The van der Waals surface area contributed by atoms with Crippen molar-refractivity contribution in [1.29, 1.82) is 0 Å². The van der Waals surface area contributed by atoms with Crippen molar-refractivity contribution in [2.75, 3.05) is 44.7 Å². The number of likely N-dealkylation sites (N-methyl/N-ethyl adjacent to an activating group) is 1. The molecule has 0 unspecified atom stereocenters. The van der Waals surface area contributed by atoms with Crippen molar-refractivity contribution in [1.82, 2.24) is 24.8 Å². The molecular weight excluding hydrogens is 340 g/mol. The third kappa shape index (κ3) is 3.08. The van der Waals surface area contributed by atoms with E-state index in [4.69, 9.17) is 0 Å². The normalized spacial score (nSPS) is 27.5. The van der Waals surface area contributed by atoms with Crippen LogP contribution in [0.4, 0.5) is 5.82 Å². The summed E-state index contributed by atoms with van der Waals surface area (Å²) < 4.78 is 0. The molecule has 0 bridgehead atoms. The number of rotatable bonds is 3. The predicted molar refractivity (Wildman–Crippen MR) is 105 cm³/mol. The number of fused-ring (bicyclic) bond motifs is 1. The van der Waals surface area contributed by atoms with Crippen LogP contribution in [0.1, 0.15) is 32.1 Å². The molecule has 2 aromatic heterocycles. The molecule has 144 valence electrons. The summed E-state index contributed by atoms with van der Waals surface area (Å²) >= 11 is 0. The molecule has 27 heavy (non-hydrogen) atoms. The molecule has 1 saturated carbocycles. The smallest absolute Gasteiger partial charge is 0.222 e. The van der Waals surface area contributed by atoms with Gasteiger partial charge in [0, 0.05) is 50.9 Å². The molecule has 0 aromatic carbocycles. The van der Waals surface area contributed by atoms with Crippen molar-refractivity contribution in [3.63, 3.8) is 0 Å². The van der Waals surface area contributed by atoms with E-state index >= 15 is 0 Å². The highest BCUT2D eigenvalue weighted by Crippen LogP contribution is 2.36. The number of amides is 1. The molecule has 1 aliphatic carbocycles. The fourth-order valence-corrected chi connectivity index (χ4v) is 4.79. The Labute approximate surface area is 159 Å². The number of hydrogen-bond acceptors (Lipinski definition) is 5. The summed E-state index contributed by atoms with van der Waals surface area (Å²) in [5, 5.41) is 1.08. The first kappa shape index (κ1) is 17.0. The van der Waals surface area contributed by atoms with Gasteiger partial charge in [0.1, 0.15) is 17.8 Å². The van der Waals surface area contributed by atoms with Gasteiger partial charge in [-0.2, -0.15) is 0 Å². The van der Waals surface area contributed by atoms with Gasteiger partial charge in [-0.25, -0.2) is 9.97 Å². The maximum absolute atomic E-state index is 12.7. The summed E-state index contributed by atoms with van der Waals surface area (Å²) in [7, 11) is 2.23. The maximum atomic E-state index is 12.7. The van der Waals surface area contributed by atoms with Gasteiger partial charge in [0.2, 0.25) is 5.91 Å². The summed E-state index contributed by atoms with van der Waals surface area (Å²) in [6.07, 6.45) is 8.79. The molecule has 4 heterocycles. The van der Waals surface area contributed by atoms with Crippen LogP contribution in [0.25, 0.3) is 11.0 Å². The Hall–Kier alpha value is -2.15. The fourth-order valence-electron chi connectivity index (χ4n) is 4.79. The first-order chi connectivity index (χ1) is 13.1. The number of nitrogens with one attached hydrogen (secondary N) is 1. The molecular formula is C20H28N6O. The van der Waals surface area contributed by atoms with E-state index in [1.165, 1.54) is 12.8 Å². The van der Waals surface area contributed by atoms with Crippen molar-refractivity contribution >= 4 is 22.8 Å². The summed E-state index contributed by atoms with van der Waals surface area (Å²) in [5.74, 6) is 2.12. The number of aromatic nitrogens is 3. The lowest BCUT2D eigenvalue weighted by Crippen LogP contribution is -2.61. The van der Waals surface area contributed by atoms with Crippen molar-refractivity contribution in [2.45, 2.75) is 37.6 Å². The van der Waals surface area contributed by atoms with Crippen LogP contribution in [0.3, 0.4) is 0 Å². The minimum atomic E-state index is 0.0415. The number of H-pyrrole nitrogens is 1. The highest BCUT2D eigenvalue weighted by molar-refractivity contribution is 5.87. The first-order valence-electron chi connectivity index (χ1n) is 10.2. The van der Waals surface area contributed by atoms with Gasteiger partial charge in [-0.1, -0.05) is 0 Å². The summed E-state index contributed by atoms with van der Waals surface area (Å²) in [6, 6.07) is 2.06. The van der Waals surface area contributed by atoms with E-state index in [0.717, 1.165) is 68.3 Å². The van der Waals surface area contributed by atoms with Gasteiger partial charge in [0.05, 0.1) is 5.39 Å². The second kappa shape index (κ2) is 6.48. The average Bonchev–Trinajstić information content (AvgIpc) is 3.40. The highest BCUT2D eigenvalue weighted by atomic mass is 16.2. The predicted octanol–water partition coefficient (Wildman–Crippen LogP) is 1.87. The molecule has 2 aromatic rings. The van der Waals surface area contributed by atoms with Gasteiger partial charge in [-0.15, -0.1) is 0 Å². The molecule has 0 radical (unpaired) electrons. The maximum Gasteiger partial charge on any atom is 0.222 e. The quantitative estimate of drug-likeness (QED) is 0.896. The van der Waals surface area contributed by atoms with E-state index in [1.807, 2.05) is 6.20 Å². The zero-order valence-electron chi connectivity index (χ0n) is 16.0. The lowest BCUT2D eigenvalue weighted by Gasteiger charge is -2.49. The minimum absolute atomic E-state index is 0.0415. The Morgan fingerprint density at radius 2 is 2.11 bits per heavy atom. The Morgan fingerprint density at radius 1 is 1.22 bits per heavy atom. The van der Waals surface area contributed by atoms with E-state index in [9.17, 15) is 4.79 Å². The average molecular weight is 368 g/mol. The molecule has 5 rings (SSSR count). The lowest BCUT2D eigenvalue weighted by atomic mass is 9.86. The van der Waals surface area contributed by atoms with Gasteiger partial charge in [-0.05, 0) is 44.7 Å². The van der Waals surface area contributed by atoms with E-state index in [0.29, 0.717) is 12.3 Å². The molecule has 1 N–H and O–H groups in total. The largest absolute Gasteiger partial charge is 0.353 e. The van der Waals surface area contributed by atoms with Crippen LogP contribution in [0, 0.1) is 5.92 Å². The molecule has 7 heteroatoms. The zero-order valence-corrected chi connectivity index (χ0v) is 16.0. The Balaban J connectivity index is 1.39. The number of aromatic amines is 1. The molecule has 1 atom stereocenters. The van der Waals surface area contributed by atoms with Crippen LogP contribution in [-0.4, -0.2) is 76.0 Å². The van der Waals surface area contributed by atoms with E-state index < -0.39 is 0 Å². The Morgan fingerprint density at radius 3 is 2.96 bits per heavy atom. The monoisotopic (exact) mass is 368 g/mol. The second-order valence-electron chi connectivity index (χ2n) is 8.54. The first-order valence-corrected chi connectivity index (χ1v) is 10.2. The second-order valence-corrected chi connectivity index (χ2v) is 8.54. The van der Waals surface area contributed by atoms with Crippen LogP contribution in [0.5, 0.6) is 0 Å². The van der Waals surface area contributed by atoms with Gasteiger partial charge in [-0.3, -0.25) is 9.69 Å². The Bertz CT molecular complexity index is 846. The number of hydrogen-bond donors (Lipinski definition) is 1. The third-order valence-corrected chi connectivity index (χ3v) is 6.81. The molecule has 2 aliphatic heterocycles. The standard InChI is InChI=1S/C20H28N6O/c1-24-10-11-26(19-16-5-8-21-18(16)22-14-23-19)13-20(24)6-4-17(27)25(9-7-20)12-15-2-3-15/h5,8,14-15H,2-4,6-7,9-13H2,1H3,(H,21,22,23)/t20-/m1/s1. The van der Waals surface area contributed by atoms with Crippen molar-refractivity contribution in [3.8, 4) is 0 Å². The lowest BCUT2D eigenvalue weighted by molar-refractivity contribution is -0.130. The van der Waals surface area contributed by atoms with E-state index in [1.54, 1.807) is 6.33 Å². The zero-order chi connectivity index (χ0) is 18.4. The van der Waals surface area contributed by atoms with Crippen molar-refractivity contribution in [2.24, 2.45) is 5.92 Å². The van der Waals surface area contributed by atoms with E-state index in [2.05, 4.69) is 42.8 Å². The number of likely N-dealkylation sites (tertiary alicyclic amines) is 1. The SMILES string of the molecule is CN1CCN(c2ncnc3[nH]ccc23)C[C@]12CCC(=O)N(CC1CC1)CC2. The van der Waals surface area contributed by atoms with Crippen LogP contribution in [0.15, 0.2) is 18.6 Å². The molecule has 3 aliphatic rings. The van der Waals surface area contributed by atoms with Gasteiger partial charge in [0.15, 0.2) is 0 Å². The number of carbonyl (C=O) groups excluding carboxylic acids is 1. The van der Waals surface area contributed by atoms with Crippen LogP contribution >= 0.6 is 0 Å². The minimum Gasteiger partial charge on any atom is -0.353 e. The fraction of sp³-hybridized carbons (Fsp3) is 0.650. The number of piperazine rings is 1. The number of carbonyl (C=O) groups is 1. The topological polar surface area (TPSA) is 68.4 Å². The molecule has 7 nitrogen and oxygen atoms in total. The van der Waals surface area contributed by atoms with Crippen LogP contribution in [-0.2, 0) is 4.79 Å². The highest BCUT2D eigenvalue weighted by Gasteiger charge is 2.43. The van der Waals surface area contributed by atoms with Crippen LogP contribution < -0.4 is 4.90 Å².